The lowest BCUT2D eigenvalue weighted by Crippen LogP contribution is -2.37. The second-order valence-electron chi connectivity index (χ2n) is 5.86. The fourth-order valence-corrected chi connectivity index (χ4v) is 2.46. The van der Waals surface area contributed by atoms with Crippen LogP contribution in [0.4, 0.5) is 17.3 Å². The highest BCUT2D eigenvalue weighted by Crippen LogP contribution is 2.29. The van der Waals surface area contributed by atoms with Crippen LogP contribution in [0, 0.1) is 10.1 Å². The summed E-state index contributed by atoms with van der Waals surface area (Å²) in [7, 11) is 0. The summed E-state index contributed by atoms with van der Waals surface area (Å²) < 4.78 is 5.32. The molecule has 0 aromatic carbocycles. The van der Waals surface area contributed by atoms with Gasteiger partial charge >= 0.3 is 5.69 Å². The largest absolute Gasteiger partial charge is 0.379 e. The number of ether oxygens (including phenoxy) is 1. The molecule has 0 aliphatic carbocycles. The van der Waals surface area contributed by atoms with Gasteiger partial charge in [0.05, 0.1) is 18.1 Å². The maximum Gasteiger partial charge on any atom is 0.353 e. The van der Waals surface area contributed by atoms with E-state index in [2.05, 4.69) is 25.5 Å². The van der Waals surface area contributed by atoms with Gasteiger partial charge in [-0.05, 0) is 26.3 Å². The Bertz CT molecular complexity index is 536. The molecule has 24 heavy (non-hydrogen) atoms. The lowest BCUT2D eigenvalue weighted by atomic mass is 10.2. The molecule has 1 aliphatic rings. The lowest BCUT2D eigenvalue weighted by Gasteiger charge is -2.26. The Balaban J connectivity index is 1.93. The van der Waals surface area contributed by atoms with Gasteiger partial charge in [-0.1, -0.05) is 6.92 Å². The molecule has 1 fully saturated rings. The summed E-state index contributed by atoms with van der Waals surface area (Å²) in [5.41, 5.74) is -0.0934. The van der Waals surface area contributed by atoms with Gasteiger partial charge in [0.2, 0.25) is 11.6 Å². The van der Waals surface area contributed by atoms with Crippen LogP contribution in [-0.4, -0.2) is 65.2 Å². The molecule has 0 amide bonds. The van der Waals surface area contributed by atoms with Gasteiger partial charge in [0.1, 0.15) is 6.33 Å². The fourth-order valence-electron chi connectivity index (χ4n) is 2.46. The zero-order valence-electron chi connectivity index (χ0n) is 14.3. The molecule has 2 heterocycles. The third kappa shape index (κ3) is 5.27. The minimum atomic E-state index is -0.435. The number of rotatable bonds is 9. The Morgan fingerprint density at radius 1 is 1.38 bits per heavy atom. The molecule has 0 bridgehead atoms. The van der Waals surface area contributed by atoms with E-state index in [0.29, 0.717) is 6.54 Å². The van der Waals surface area contributed by atoms with Crippen molar-refractivity contribution in [2.45, 2.75) is 32.7 Å². The van der Waals surface area contributed by atoms with Crippen LogP contribution in [0.1, 0.15) is 26.7 Å². The van der Waals surface area contributed by atoms with E-state index in [1.807, 2.05) is 13.8 Å². The van der Waals surface area contributed by atoms with Crippen LogP contribution < -0.4 is 10.6 Å². The third-order valence-electron chi connectivity index (χ3n) is 4.05. The predicted molar refractivity (Wildman–Crippen MR) is 92.4 cm³/mol. The average Bonchev–Trinajstić information content (AvgIpc) is 2.59. The van der Waals surface area contributed by atoms with E-state index >= 15 is 0 Å². The minimum Gasteiger partial charge on any atom is -0.379 e. The van der Waals surface area contributed by atoms with Gasteiger partial charge in [0.25, 0.3) is 0 Å². The van der Waals surface area contributed by atoms with Crippen molar-refractivity contribution in [2.75, 3.05) is 50.0 Å². The van der Waals surface area contributed by atoms with Crippen LogP contribution in [0.2, 0.25) is 0 Å². The number of hydrogen-bond acceptors (Lipinski definition) is 8. The summed E-state index contributed by atoms with van der Waals surface area (Å²) in [6.07, 6.45) is 3.08. The fraction of sp³-hybridized carbons (Fsp3) is 0.733. The first-order chi connectivity index (χ1) is 11.6. The van der Waals surface area contributed by atoms with Gasteiger partial charge in [0, 0.05) is 25.7 Å². The summed E-state index contributed by atoms with van der Waals surface area (Å²) >= 11 is 0. The van der Waals surface area contributed by atoms with Crippen molar-refractivity contribution in [1.82, 2.24) is 14.9 Å². The first kappa shape index (κ1) is 18.3. The number of aromatic nitrogens is 2. The van der Waals surface area contributed by atoms with E-state index < -0.39 is 4.92 Å². The number of nitrogens with one attached hydrogen (secondary N) is 2. The highest BCUT2D eigenvalue weighted by molar-refractivity contribution is 5.69. The van der Waals surface area contributed by atoms with Crippen molar-refractivity contribution in [2.24, 2.45) is 0 Å². The quantitative estimate of drug-likeness (QED) is 0.398. The van der Waals surface area contributed by atoms with Crippen LogP contribution in [-0.2, 0) is 4.74 Å². The maximum atomic E-state index is 11.4. The molecule has 0 saturated carbocycles. The van der Waals surface area contributed by atoms with Crippen LogP contribution >= 0.6 is 0 Å². The van der Waals surface area contributed by atoms with Crippen molar-refractivity contribution in [1.29, 1.82) is 0 Å². The van der Waals surface area contributed by atoms with E-state index in [0.717, 1.165) is 45.7 Å². The minimum absolute atomic E-state index is 0.0934. The van der Waals surface area contributed by atoms with Gasteiger partial charge in [-0.2, -0.15) is 0 Å². The monoisotopic (exact) mass is 338 g/mol. The Kier molecular flexibility index (Phi) is 7.13. The van der Waals surface area contributed by atoms with Crippen LogP contribution in [0.3, 0.4) is 0 Å². The van der Waals surface area contributed by atoms with E-state index in [-0.39, 0.29) is 23.4 Å². The first-order valence-electron chi connectivity index (χ1n) is 8.41. The van der Waals surface area contributed by atoms with E-state index in [9.17, 15) is 10.1 Å². The molecule has 1 aromatic rings. The number of anilines is 2. The molecule has 9 heteroatoms. The Morgan fingerprint density at radius 3 is 2.75 bits per heavy atom. The summed E-state index contributed by atoms with van der Waals surface area (Å²) in [5.74, 6) is 0.530. The molecule has 1 aliphatic heterocycles. The second-order valence-corrected chi connectivity index (χ2v) is 5.86. The zero-order chi connectivity index (χ0) is 17.4. The molecule has 2 rings (SSSR count). The highest BCUT2D eigenvalue weighted by Gasteiger charge is 2.23. The SMILES string of the molecule is CCC(C)Nc1ncnc(NCCCN2CCOCC2)c1[N+](=O)[O-]. The second kappa shape index (κ2) is 9.33. The molecule has 1 saturated heterocycles. The van der Waals surface area contributed by atoms with Gasteiger partial charge in [0.15, 0.2) is 0 Å². The molecular formula is C15H26N6O3. The molecule has 9 nitrogen and oxygen atoms in total. The van der Waals surface area contributed by atoms with E-state index in [1.54, 1.807) is 0 Å². The van der Waals surface area contributed by atoms with Crippen LogP contribution in [0.15, 0.2) is 6.33 Å². The smallest absolute Gasteiger partial charge is 0.353 e. The number of nitrogens with zero attached hydrogens (tertiary/aromatic N) is 4. The van der Waals surface area contributed by atoms with Gasteiger partial charge in [-0.25, -0.2) is 9.97 Å². The van der Waals surface area contributed by atoms with E-state index in [4.69, 9.17) is 4.74 Å². The Labute approximate surface area is 142 Å². The van der Waals surface area contributed by atoms with Crippen molar-refractivity contribution in [3.05, 3.63) is 16.4 Å². The van der Waals surface area contributed by atoms with Crippen molar-refractivity contribution < 1.29 is 9.66 Å². The molecule has 0 spiro atoms. The van der Waals surface area contributed by atoms with Crippen LogP contribution in [0.25, 0.3) is 0 Å². The topological polar surface area (TPSA) is 105 Å². The molecule has 1 atom stereocenters. The van der Waals surface area contributed by atoms with Crippen molar-refractivity contribution in [3.8, 4) is 0 Å². The van der Waals surface area contributed by atoms with Gasteiger partial charge < -0.3 is 15.4 Å². The number of nitro groups is 1. The summed E-state index contributed by atoms with van der Waals surface area (Å²) in [6.45, 7) is 8.96. The molecular weight excluding hydrogens is 312 g/mol. The van der Waals surface area contributed by atoms with Crippen molar-refractivity contribution >= 4 is 17.3 Å². The summed E-state index contributed by atoms with van der Waals surface area (Å²) in [6, 6.07) is 0.104. The Hall–Kier alpha value is -2.00. The molecule has 2 N–H and O–H groups in total. The summed E-state index contributed by atoms with van der Waals surface area (Å²) in [5, 5.41) is 17.6. The van der Waals surface area contributed by atoms with Gasteiger partial charge in [-0.15, -0.1) is 0 Å². The van der Waals surface area contributed by atoms with Crippen LogP contribution in [0.5, 0.6) is 0 Å². The summed E-state index contributed by atoms with van der Waals surface area (Å²) in [4.78, 5) is 21.4. The van der Waals surface area contributed by atoms with E-state index in [1.165, 1.54) is 6.33 Å². The van der Waals surface area contributed by atoms with Gasteiger partial charge in [-0.3, -0.25) is 15.0 Å². The molecule has 1 unspecified atom stereocenters. The average molecular weight is 338 g/mol. The standard InChI is InChI=1S/C15H26N6O3/c1-3-12(2)19-15-13(21(22)23)14(17-11-18-15)16-5-4-6-20-7-9-24-10-8-20/h11-12H,3-10H2,1-2H3,(H2,16,17,18,19). The van der Waals surface area contributed by atoms with Crippen molar-refractivity contribution in [3.63, 3.8) is 0 Å². The lowest BCUT2D eigenvalue weighted by molar-refractivity contribution is -0.383. The third-order valence-corrected chi connectivity index (χ3v) is 4.05. The number of morpholine rings is 1. The molecule has 134 valence electrons. The normalized spacial score (nSPS) is 16.6. The molecule has 0 radical (unpaired) electrons. The predicted octanol–water partition coefficient (Wildman–Crippen LogP) is 1.73. The number of hydrogen-bond donors (Lipinski definition) is 2. The Morgan fingerprint density at radius 2 is 2.08 bits per heavy atom. The zero-order valence-corrected chi connectivity index (χ0v) is 14.3. The first-order valence-corrected chi connectivity index (χ1v) is 8.41. The highest BCUT2D eigenvalue weighted by atomic mass is 16.6. The molecule has 1 aromatic heterocycles. The maximum absolute atomic E-state index is 11.4.